The number of halogens is 1. The van der Waals surface area contributed by atoms with Crippen molar-refractivity contribution in [3.63, 3.8) is 0 Å². The molecular weight excluding hydrogens is 314 g/mol. The van der Waals surface area contributed by atoms with Gasteiger partial charge in [-0.1, -0.05) is 48.8 Å². The molecule has 1 atom stereocenters. The van der Waals surface area contributed by atoms with E-state index in [-0.39, 0.29) is 12.0 Å². The molecule has 0 aromatic heterocycles. The summed E-state index contributed by atoms with van der Waals surface area (Å²) in [6.45, 7) is 6.98. The van der Waals surface area contributed by atoms with Gasteiger partial charge < -0.3 is 10.4 Å². The number of hydrogen-bond donors (Lipinski definition) is 2. The van der Waals surface area contributed by atoms with Gasteiger partial charge in [0.05, 0.1) is 0 Å². The second-order valence-electron chi connectivity index (χ2n) is 7.02. The van der Waals surface area contributed by atoms with Crippen molar-refractivity contribution in [2.24, 2.45) is 5.41 Å². The Morgan fingerprint density at radius 2 is 2.05 bits per heavy atom. The van der Waals surface area contributed by atoms with Crippen LogP contribution in [0.5, 0.6) is 0 Å². The van der Waals surface area contributed by atoms with Crippen molar-refractivity contribution >= 4 is 15.9 Å². The molecule has 1 unspecified atom stereocenters. The molecule has 1 aliphatic rings. The topological polar surface area (TPSA) is 32.3 Å². The molecule has 2 rings (SSSR count). The van der Waals surface area contributed by atoms with Crippen molar-refractivity contribution < 1.29 is 5.11 Å². The average molecular weight is 340 g/mol. The number of aliphatic hydroxyl groups is 1. The van der Waals surface area contributed by atoms with Crippen LogP contribution in [0.3, 0.4) is 0 Å². The van der Waals surface area contributed by atoms with Crippen LogP contribution in [0.25, 0.3) is 0 Å². The highest BCUT2D eigenvalue weighted by molar-refractivity contribution is 9.10. The maximum atomic E-state index is 9.22. The first-order chi connectivity index (χ1) is 9.40. The Hall–Kier alpha value is -0.380. The smallest absolute Gasteiger partial charge is 0.0446 e. The Morgan fingerprint density at radius 3 is 2.60 bits per heavy atom. The fourth-order valence-corrected chi connectivity index (χ4v) is 3.38. The van der Waals surface area contributed by atoms with Crippen LogP contribution in [0.15, 0.2) is 28.7 Å². The van der Waals surface area contributed by atoms with Crippen LogP contribution < -0.4 is 5.32 Å². The summed E-state index contributed by atoms with van der Waals surface area (Å²) in [6, 6.07) is 9.63. The molecule has 0 aliphatic heterocycles. The summed E-state index contributed by atoms with van der Waals surface area (Å²) in [6.07, 6.45) is 3.24. The van der Waals surface area contributed by atoms with Crippen molar-refractivity contribution in [1.82, 2.24) is 5.32 Å². The Morgan fingerprint density at radius 1 is 1.35 bits per heavy atom. The van der Waals surface area contributed by atoms with Gasteiger partial charge in [0.25, 0.3) is 0 Å². The molecule has 2 N–H and O–H groups in total. The monoisotopic (exact) mass is 339 g/mol. The first-order valence-corrected chi connectivity index (χ1v) is 8.32. The largest absolute Gasteiger partial charge is 0.396 e. The van der Waals surface area contributed by atoms with Crippen molar-refractivity contribution in [3.05, 3.63) is 34.3 Å². The Bertz CT molecular complexity index is 435. The zero-order chi connectivity index (χ0) is 14.8. The van der Waals surface area contributed by atoms with Gasteiger partial charge in [0.1, 0.15) is 0 Å². The minimum atomic E-state index is 0.198. The van der Waals surface area contributed by atoms with E-state index in [1.54, 1.807) is 0 Å². The van der Waals surface area contributed by atoms with E-state index >= 15 is 0 Å². The molecule has 1 aromatic rings. The SMILES string of the molecule is CC(C)(C)C(CCO)NC1CC(c2cccc(Br)c2)C1. The second kappa shape index (κ2) is 6.59. The van der Waals surface area contributed by atoms with Gasteiger partial charge >= 0.3 is 0 Å². The van der Waals surface area contributed by atoms with Crippen LogP contribution >= 0.6 is 15.9 Å². The number of hydrogen-bond acceptors (Lipinski definition) is 2. The molecule has 3 heteroatoms. The molecule has 1 aromatic carbocycles. The predicted molar refractivity (Wildman–Crippen MR) is 88.0 cm³/mol. The van der Waals surface area contributed by atoms with Crippen molar-refractivity contribution in [3.8, 4) is 0 Å². The second-order valence-corrected chi connectivity index (χ2v) is 7.93. The predicted octanol–water partition coefficient (Wildman–Crippen LogP) is 4.08. The third-order valence-electron chi connectivity index (χ3n) is 4.36. The Labute approximate surface area is 131 Å². The average Bonchev–Trinajstić information content (AvgIpc) is 2.30. The number of nitrogens with one attached hydrogen (secondary N) is 1. The van der Waals surface area contributed by atoms with Gasteiger partial charge in [0.15, 0.2) is 0 Å². The summed E-state index contributed by atoms with van der Waals surface area (Å²) in [7, 11) is 0. The van der Waals surface area contributed by atoms with Gasteiger partial charge in [0.2, 0.25) is 0 Å². The number of rotatable bonds is 5. The number of benzene rings is 1. The van der Waals surface area contributed by atoms with Crippen molar-refractivity contribution in [2.45, 2.75) is 58.0 Å². The summed E-state index contributed by atoms with van der Waals surface area (Å²) in [5.74, 6) is 0.680. The maximum absolute atomic E-state index is 9.22. The zero-order valence-electron chi connectivity index (χ0n) is 12.7. The molecule has 0 bridgehead atoms. The van der Waals surface area contributed by atoms with Crippen LogP contribution in [-0.4, -0.2) is 23.8 Å². The molecular formula is C17H26BrNO. The van der Waals surface area contributed by atoms with Crippen molar-refractivity contribution in [1.29, 1.82) is 0 Å². The van der Waals surface area contributed by atoms with Crippen LogP contribution in [0.1, 0.15) is 51.5 Å². The van der Waals surface area contributed by atoms with E-state index in [0.717, 1.165) is 6.42 Å². The maximum Gasteiger partial charge on any atom is 0.0446 e. The molecule has 20 heavy (non-hydrogen) atoms. The fourth-order valence-electron chi connectivity index (χ4n) is 2.97. The first kappa shape index (κ1) is 16.0. The molecule has 0 saturated heterocycles. The van der Waals surface area contributed by atoms with Gasteiger partial charge in [-0.25, -0.2) is 0 Å². The summed E-state index contributed by atoms with van der Waals surface area (Å²) in [5.41, 5.74) is 1.63. The van der Waals surface area contributed by atoms with E-state index in [1.807, 2.05) is 0 Å². The molecule has 112 valence electrons. The van der Waals surface area contributed by atoms with Crippen molar-refractivity contribution in [2.75, 3.05) is 6.61 Å². The van der Waals surface area contributed by atoms with Gasteiger partial charge in [-0.2, -0.15) is 0 Å². The summed E-state index contributed by atoms with van der Waals surface area (Å²) in [5, 5.41) is 13.0. The molecule has 2 nitrogen and oxygen atoms in total. The lowest BCUT2D eigenvalue weighted by Crippen LogP contribution is -2.50. The standard InChI is InChI=1S/C17H26BrNO/c1-17(2,3)16(7-8-20)19-15-10-13(11-15)12-5-4-6-14(18)9-12/h4-6,9,13,15-16,19-20H,7-8,10-11H2,1-3H3. The Kier molecular flexibility index (Phi) is 5.27. The zero-order valence-corrected chi connectivity index (χ0v) is 14.3. The highest BCUT2D eigenvalue weighted by Crippen LogP contribution is 2.38. The lowest BCUT2D eigenvalue weighted by Gasteiger charge is -2.42. The number of aliphatic hydroxyl groups excluding tert-OH is 1. The highest BCUT2D eigenvalue weighted by atomic mass is 79.9. The highest BCUT2D eigenvalue weighted by Gasteiger charge is 2.34. The summed E-state index contributed by atoms with van der Waals surface area (Å²) in [4.78, 5) is 0. The van der Waals surface area contributed by atoms with Crippen LogP contribution in [0, 0.1) is 5.41 Å². The lowest BCUT2D eigenvalue weighted by molar-refractivity contribution is 0.157. The first-order valence-electron chi connectivity index (χ1n) is 7.52. The van der Waals surface area contributed by atoms with Crippen LogP contribution in [0.2, 0.25) is 0 Å². The minimum absolute atomic E-state index is 0.198. The molecule has 0 heterocycles. The quantitative estimate of drug-likeness (QED) is 0.846. The van der Waals surface area contributed by atoms with Gasteiger partial charge in [0, 0.05) is 23.2 Å². The molecule has 0 spiro atoms. The van der Waals surface area contributed by atoms with E-state index in [2.05, 4.69) is 66.3 Å². The lowest BCUT2D eigenvalue weighted by atomic mass is 9.74. The van der Waals surface area contributed by atoms with E-state index < -0.39 is 0 Å². The van der Waals surface area contributed by atoms with Gasteiger partial charge in [-0.3, -0.25) is 0 Å². The third kappa shape index (κ3) is 4.06. The minimum Gasteiger partial charge on any atom is -0.396 e. The summed E-state index contributed by atoms with van der Waals surface area (Å²) >= 11 is 3.54. The van der Waals surface area contributed by atoms with E-state index in [1.165, 1.54) is 22.9 Å². The molecule has 1 fully saturated rings. The van der Waals surface area contributed by atoms with Gasteiger partial charge in [-0.05, 0) is 48.3 Å². The summed E-state index contributed by atoms with van der Waals surface area (Å²) < 4.78 is 1.17. The van der Waals surface area contributed by atoms with Gasteiger partial charge in [-0.15, -0.1) is 0 Å². The van der Waals surface area contributed by atoms with E-state index in [0.29, 0.717) is 18.0 Å². The molecule has 0 radical (unpaired) electrons. The van der Waals surface area contributed by atoms with Crippen LogP contribution in [0.4, 0.5) is 0 Å². The molecule has 1 saturated carbocycles. The Balaban J connectivity index is 1.87. The normalized spacial score (nSPS) is 24.2. The molecule has 0 amide bonds. The fraction of sp³-hybridized carbons (Fsp3) is 0.647. The van der Waals surface area contributed by atoms with Crippen LogP contribution in [-0.2, 0) is 0 Å². The van der Waals surface area contributed by atoms with E-state index in [4.69, 9.17) is 0 Å². The molecule has 1 aliphatic carbocycles. The third-order valence-corrected chi connectivity index (χ3v) is 4.85. The van der Waals surface area contributed by atoms with E-state index in [9.17, 15) is 5.11 Å².